The first-order chi connectivity index (χ1) is 14.0. The second-order valence-electron chi connectivity index (χ2n) is 7.49. The van der Waals surface area contributed by atoms with E-state index in [-0.39, 0.29) is 5.91 Å². The van der Waals surface area contributed by atoms with E-state index in [1.54, 1.807) is 0 Å². The lowest BCUT2D eigenvalue weighted by Gasteiger charge is -2.08. The summed E-state index contributed by atoms with van der Waals surface area (Å²) in [6.45, 7) is 6.39. The molecule has 0 aliphatic heterocycles. The lowest BCUT2D eigenvalue weighted by Crippen LogP contribution is -2.11. The van der Waals surface area contributed by atoms with Crippen LogP contribution in [0.3, 0.4) is 0 Å². The third kappa shape index (κ3) is 4.06. The predicted octanol–water partition coefficient (Wildman–Crippen LogP) is 6.43. The van der Waals surface area contributed by atoms with Gasteiger partial charge in [0.2, 0.25) is 5.89 Å². The Balaban J connectivity index is 1.56. The Labute approximate surface area is 170 Å². The van der Waals surface area contributed by atoms with Crippen molar-refractivity contribution in [2.45, 2.75) is 33.1 Å². The molecule has 0 atom stereocenters. The van der Waals surface area contributed by atoms with Crippen LogP contribution in [0.4, 0.5) is 5.69 Å². The average Bonchev–Trinajstić information content (AvgIpc) is 3.17. The molecular formula is C25H24N2O2. The number of rotatable bonds is 5. The van der Waals surface area contributed by atoms with Gasteiger partial charge in [-0.05, 0) is 65.9 Å². The maximum Gasteiger partial charge on any atom is 0.255 e. The molecule has 1 heterocycles. The maximum absolute atomic E-state index is 12.6. The Bertz CT molecular complexity index is 1160. The van der Waals surface area contributed by atoms with Crippen molar-refractivity contribution >= 4 is 22.7 Å². The Hall–Kier alpha value is -3.40. The van der Waals surface area contributed by atoms with Crippen molar-refractivity contribution in [3.8, 4) is 11.5 Å². The molecule has 0 radical (unpaired) electrons. The number of carbonyl (C=O) groups excluding carboxylic acids is 1. The van der Waals surface area contributed by atoms with E-state index in [2.05, 4.69) is 43.2 Å². The number of oxazole rings is 1. The normalized spacial score (nSPS) is 11.2. The fourth-order valence-corrected chi connectivity index (χ4v) is 3.27. The van der Waals surface area contributed by atoms with Crippen molar-refractivity contribution in [2.75, 3.05) is 5.32 Å². The molecule has 146 valence electrons. The molecule has 29 heavy (non-hydrogen) atoms. The lowest BCUT2D eigenvalue weighted by molar-refractivity contribution is 0.102. The van der Waals surface area contributed by atoms with Crippen LogP contribution in [-0.2, 0) is 6.42 Å². The number of nitrogens with zero attached hydrogens (tertiary/aromatic N) is 1. The molecule has 0 unspecified atom stereocenters. The molecule has 1 amide bonds. The van der Waals surface area contributed by atoms with Crippen molar-refractivity contribution in [2.24, 2.45) is 0 Å². The highest BCUT2D eigenvalue weighted by molar-refractivity contribution is 6.04. The van der Waals surface area contributed by atoms with Gasteiger partial charge in [0.25, 0.3) is 5.91 Å². The van der Waals surface area contributed by atoms with Crippen LogP contribution in [0.25, 0.3) is 22.6 Å². The summed E-state index contributed by atoms with van der Waals surface area (Å²) in [6, 6.07) is 21.3. The number of amides is 1. The van der Waals surface area contributed by atoms with Gasteiger partial charge in [-0.25, -0.2) is 4.98 Å². The van der Waals surface area contributed by atoms with E-state index in [4.69, 9.17) is 4.42 Å². The van der Waals surface area contributed by atoms with Crippen LogP contribution in [0.2, 0.25) is 0 Å². The molecule has 0 fully saturated rings. The highest BCUT2D eigenvalue weighted by Gasteiger charge is 2.11. The molecule has 0 aliphatic rings. The van der Waals surface area contributed by atoms with Crippen LogP contribution < -0.4 is 5.32 Å². The van der Waals surface area contributed by atoms with Gasteiger partial charge in [0.15, 0.2) is 5.58 Å². The molecule has 4 heteroatoms. The highest BCUT2D eigenvalue weighted by Crippen LogP contribution is 2.27. The molecule has 0 aliphatic carbocycles. The van der Waals surface area contributed by atoms with Gasteiger partial charge in [-0.3, -0.25) is 4.79 Å². The van der Waals surface area contributed by atoms with E-state index in [9.17, 15) is 4.79 Å². The Morgan fingerprint density at radius 1 is 1.03 bits per heavy atom. The smallest absolute Gasteiger partial charge is 0.255 e. The van der Waals surface area contributed by atoms with Gasteiger partial charge >= 0.3 is 0 Å². The van der Waals surface area contributed by atoms with Crippen molar-refractivity contribution in [1.82, 2.24) is 4.98 Å². The summed E-state index contributed by atoms with van der Waals surface area (Å²) in [7, 11) is 0. The summed E-state index contributed by atoms with van der Waals surface area (Å²) < 4.78 is 5.91. The van der Waals surface area contributed by atoms with Crippen LogP contribution in [0, 0.1) is 0 Å². The van der Waals surface area contributed by atoms with Crippen LogP contribution >= 0.6 is 0 Å². The number of fused-ring (bicyclic) bond motifs is 1. The molecule has 3 aromatic carbocycles. The Kier molecular flexibility index (Phi) is 5.17. The van der Waals surface area contributed by atoms with Gasteiger partial charge in [0.1, 0.15) is 5.52 Å². The van der Waals surface area contributed by atoms with Gasteiger partial charge < -0.3 is 9.73 Å². The van der Waals surface area contributed by atoms with Crippen molar-refractivity contribution in [3.05, 3.63) is 83.4 Å². The van der Waals surface area contributed by atoms with Crippen molar-refractivity contribution in [1.29, 1.82) is 0 Å². The van der Waals surface area contributed by atoms with Crippen LogP contribution in [-0.4, -0.2) is 10.9 Å². The Morgan fingerprint density at radius 3 is 2.55 bits per heavy atom. The zero-order valence-corrected chi connectivity index (χ0v) is 16.9. The number of aromatic nitrogens is 1. The molecule has 1 N–H and O–H groups in total. The maximum atomic E-state index is 12.6. The number of hydrogen-bond acceptors (Lipinski definition) is 3. The predicted molar refractivity (Wildman–Crippen MR) is 117 cm³/mol. The summed E-state index contributed by atoms with van der Waals surface area (Å²) in [5, 5.41) is 2.96. The molecule has 1 aromatic heterocycles. The number of anilines is 1. The third-order valence-corrected chi connectivity index (χ3v) is 5.07. The minimum Gasteiger partial charge on any atom is -0.436 e. The third-order valence-electron chi connectivity index (χ3n) is 5.07. The largest absolute Gasteiger partial charge is 0.436 e. The van der Waals surface area contributed by atoms with Crippen molar-refractivity contribution < 1.29 is 9.21 Å². The van der Waals surface area contributed by atoms with Crippen LogP contribution in [0.15, 0.2) is 71.1 Å². The van der Waals surface area contributed by atoms with Crippen molar-refractivity contribution in [3.63, 3.8) is 0 Å². The van der Waals surface area contributed by atoms with E-state index in [0.717, 1.165) is 23.1 Å². The van der Waals surface area contributed by atoms with Gasteiger partial charge in [0.05, 0.1) is 0 Å². The summed E-state index contributed by atoms with van der Waals surface area (Å²) in [5.41, 5.74) is 6.21. The van der Waals surface area contributed by atoms with Gasteiger partial charge in [-0.15, -0.1) is 0 Å². The molecule has 4 nitrogen and oxygen atoms in total. The first-order valence-electron chi connectivity index (χ1n) is 9.94. The lowest BCUT2D eigenvalue weighted by atomic mass is 10.0. The quantitative estimate of drug-likeness (QED) is 0.431. The molecule has 0 spiro atoms. The minimum atomic E-state index is -0.136. The fraction of sp³-hybridized carbons (Fsp3) is 0.200. The van der Waals surface area contributed by atoms with Gasteiger partial charge in [-0.1, -0.05) is 45.0 Å². The number of benzene rings is 3. The van der Waals surface area contributed by atoms with Crippen LogP contribution in [0.1, 0.15) is 48.2 Å². The molecule has 4 aromatic rings. The number of aryl methyl sites for hydroxylation is 1. The first kappa shape index (κ1) is 18.9. The van der Waals surface area contributed by atoms with E-state index < -0.39 is 0 Å². The standard InChI is InChI=1S/C25H24N2O2/c1-4-17-8-13-23-22(14-17)27-25(29-23)20-6-5-7-21(15-20)26-24(28)19-11-9-18(10-12-19)16(2)3/h5-16H,4H2,1-3H3,(H,26,28). The fourth-order valence-electron chi connectivity index (χ4n) is 3.27. The molecule has 0 bridgehead atoms. The number of carbonyl (C=O) groups is 1. The van der Waals surface area contributed by atoms with E-state index in [1.165, 1.54) is 11.1 Å². The number of nitrogens with one attached hydrogen (secondary N) is 1. The van der Waals surface area contributed by atoms with Crippen LogP contribution in [0.5, 0.6) is 0 Å². The summed E-state index contributed by atoms with van der Waals surface area (Å²) >= 11 is 0. The second-order valence-corrected chi connectivity index (χ2v) is 7.49. The molecular weight excluding hydrogens is 360 g/mol. The highest BCUT2D eigenvalue weighted by atomic mass is 16.3. The SMILES string of the molecule is CCc1ccc2oc(-c3cccc(NC(=O)c4ccc(C(C)C)cc4)c3)nc2c1. The van der Waals surface area contributed by atoms with Gasteiger partial charge in [-0.2, -0.15) is 0 Å². The molecule has 0 saturated carbocycles. The zero-order chi connectivity index (χ0) is 20.4. The summed E-state index contributed by atoms with van der Waals surface area (Å²) in [6.07, 6.45) is 0.956. The summed E-state index contributed by atoms with van der Waals surface area (Å²) in [5.74, 6) is 0.849. The topological polar surface area (TPSA) is 55.1 Å². The van der Waals surface area contributed by atoms with Gasteiger partial charge in [0, 0.05) is 16.8 Å². The first-order valence-corrected chi connectivity index (χ1v) is 9.94. The minimum absolute atomic E-state index is 0.136. The number of hydrogen-bond donors (Lipinski definition) is 1. The second kappa shape index (κ2) is 7.92. The monoisotopic (exact) mass is 384 g/mol. The van der Waals surface area contributed by atoms with E-state index in [0.29, 0.717) is 23.1 Å². The average molecular weight is 384 g/mol. The zero-order valence-electron chi connectivity index (χ0n) is 16.9. The van der Waals surface area contributed by atoms with E-state index >= 15 is 0 Å². The Morgan fingerprint density at radius 2 is 1.83 bits per heavy atom. The van der Waals surface area contributed by atoms with E-state index in [1.807, 2.05) is 54.6 Å². The molecule has 4 rings (SSSR count). The molecule has 0 saturated heterocycles. The summed E-state index contributed by atoms with van der Waals surface area (Å²) in [4.78, 5) is 17.2.